The lowest BCUT2D eigenvalue weighted by Gasteiger charge is -2.04. The molecule has 0 amide bonds. The van der Waals surface area contributed by atoms with Crippen LogP contribution in [0.15, 0.2) is 83.7 Å². The van der Waals surface area contributed by atoms with Gasteiger partial charge in [-0.25, -0.2) is 4.79 Å². The first-order chi connectivity index (χ1) is 12.2. The second kappa shape index (κ2) is 6.44. The second-order valence-corrected chi connectivity index (χ2v) is 6.42. The molecule has 0 saturated carbocycles. The molecule has 3 heteroatoms. The number of imidazole rings is 1. The first kappa shape index (κ1) is 15.5. The molecule has 0 bridgehead atoms. The van der Waals surface area contributed by atoms with Crippen LogP contribution in [-0.4, -0.2) is 9.13 Å². The lowest BCUT2D eigenvalue weighted by molar-refractivity contribution is 0.701. The van der Waals surface area contributed by atoms with Crippen molar-refractivity contribution in [3.05, 3.63) is 106 Å². The van der Waals surface area contributed by atoms with E-state index in [1.165, 1.54) is 0 Å². The van der Waals surface area contributed by atoms with Gasteiger partial charge in [0.05, 0.1) is 24.1 Å². The highest BCUT2D eigenvalue weighted by Crippen LogP contribution is 2.18. The van der Waals surface area contributed by atoms with Crippen LogP contribution in [0.1, 0.15) is 16.7 Å². The Labute approximate surface area is 146 Å². The van der Waals surface area contributed by atoms with Gasteiger partial charge in [0.25, 0.3) is 0 Å². The Hall–Kier alpha value is -3.07. The van der Waals surface area contributed by atoms with Crippen molar-refractivity contribution < 1.29 is 0 Å². The predicted molar refractivity (Wildman–Crippen MR) is 102 cm³/mol. The van der Waals surface area contributed by atoms with E-state index in [-0.39, 0.29) is 5.69 Å². The number of nitrogens with zero attached hydrogens (tertiary/aromatic N) is 2. The molecule has 1 heterocycles. The normalized spacial score (nSPS) is 11.1. The molecule has 0 aliphatic rings. The first-order valence-corrected chi connectivity index (χ1v) is 8.50. The molecule has 0 spiro atoms. The molecule has 4 rings (SSSR count). The monoisotopic (exact) mass is 328 g/mol. The Morgan fingerprint density at radius 2 is 1.20 bits per heavy atom. The minimum Gasteiger partial charge on any atom is -0.287 e. The summed E-state index contributed by atoms with van der Waals surface area (Å²) in [5.74, 6) is 0. The largest absolute Gasteiger partial charge is 0.329 e. The van der Waals surface area contributed by atoms with E-state index in [4.69, 9.17) is 0 Å². The number of aromatic nitrogens is 2. The zero-order chi connectivity index (χ0) is 17.2. The van der Waals surface area contributed by atoms with E-state index in [0.29, 0.717) is 13.1 Å². The number of benzene rings is 3. The summed E-state index contributed by atoms with van der Waals surface area (Å²) >= 11 is 0. The van der Waals surface area contributed by atoms with Gasteiger partial charge in [0, 0.05) is 0 Å². The van der Waals surface area contributed by atoms with Gasteiger partial charge in [-0.15, -0.1) is 0 Å². The summed E-state index contributed by atoms with van der Waals surface area (Å²) in [5, 5.41) is 0. The standard InChI is InChI=1S/C22H20N2O/c1-17-12-13-20-21(14-17)24(16-19-10-6-3-7-11-19)22(25)23(20)15-18-8-4-2-5-9-18/h2-14H,15-16H2,1H3. The SMILES string of the molecule is Cc1ccc2c(c1)n(Cc1ccccc1)c(=O)n2Cc1ccccc1. The van der Waals surface area contributed by atoms with Gasteiger partial charge in [-0.05, 0) is 35.7 Å². The highest BCUT2D eigenvalue weighted by molar-refractivity contribution is 5.77. The quantitative estimate of drug-likeness (QED) is 0.551. The van der Waals surface area contributed by atoms with Crippen molar-refractivity contribution in [3.8, 4) is 0 Å². The van der Waals surface area contributed by atoms with Crippen LogP contribution in [0.4, 0.5) is 0 Å². The third-order valence-electron chi connectivity index (χ3n) is 4.54. The lowest BCUT2D eigenvalue weighted by Crippen LogP contribution is -2.25. The molecule has 0 unspecified atom stereocenters. The zero-order valence-corrected chi connectivity index (χ0v) is 14.2. The number of aryl methyl sites for hydroxylation is 1. The van der Waals surface area contributed by atoms with Crippen LogP contribution in [-0.2, 0) is 13.1 Å². The second-order valence-electron chi connectivity index (χ2n) is 6.42. The maximum Gasteiger partial charge on any atom is 0.329 e. The summed E-state index contributed by atoms with van der Waals surface area (Å²) in [6.45, 7) is 3.23. The topological polar surface area (TPSA) is 26.9 Å². The van der Waals surface area contributed by atoms with E-state index >= 15 is 0 Å². The fraction of sp³-hybridized carbons (Fsp3) is 0.136. The van der Waals surface area contributed by atoms with Gasteiger partial charge in [0.15, 0.2) is 0 Å². The maximum absolute atomic E-state index is 13.1. The molecule has 0 saturated heterocycles. The van der Waals surface area contributed by atoms with Crippen molar-refractivity contribution in [3.63, 3.8) is 0 Å². The molecule has 25 heavy (non-hydrogen) atoms. The van der Waals surface area contributed by atoms with Crippen molar-refractivity contribution in [1.82, 2.24) is 9.13 Å². The number of hydrogen-bond acceptors (Lipinski definition) is 1. The Morgan fingerprint density at radius 1 is 0.680 bits per heavy atom. The minimum absolute atomic E-state index is 0.0355. The highest BCUT2D eigenvalue weighted by Gasteiger charge is 2.14. The third-order valence-corrected chi connectivity index (χ3v) is 4.54. The molecule has 124 valence electrons. The zero-order valence-electron chi connectivity index (χ0n) is 14.2. The van der Waals surface area contributed by atoms with Crippen LogP contribution >= 0.6 is 0 Å². The van der Waals surface area contributed by atoms with E-state index in [1.807, 2.05) is 45.5 Å². The van der Waals surface area contributed by atoms with Crippen LogP contribution in [0.2, 0.25) is 0 Å². The van der Waals surface area contributed by atoms with Crippen LogP contribution < -0.4 is 5.69 Å². The average molecular weight is 328 g/mol. The highest BCUT2D eigenvalue weighted by atomic mass is 16.1. The molecule has 0 fully saturated rings. The number of hydrogen-bond donors (Lipinski definition) is 0. The molecule has 0 N–H and O–H groups in total. The molecule has 0 atom stereocenters. The molecule has 0 radical (unpaired) electrons. The van der Waals surface area contributed by atoms with Crippen LogP contribution in [0.3, 0.4) is 0 Å². The van der Waals surface area contributed by atoms with Crippen molar-refractivity contribution in [2.24, 2.45) is 0 Å². The summed E-state index contributed by atoms with van der Waals surface area (Å²) in [4.78, 5) is 13.1. The van der Waals surface area contributed by atoms with Crippen molar-refractivity contribution in [2.75, 3.05) is 0 Å². The van der Waals surface area contributed by atoms with Gasteiger partial charge in [-0.1, -0.05) is 66.7 Å². The summed E-state index contributed by atoms with van der Waals surface area (Å²) in [5.41, 5.74) is 5.42. The molecular formula is C22H20N2O. The average Bonchev–Trinajstić information content (AvgIpc) is 2.89. The third kappa shape index (κ3) is 3.01. The number of fused-ring (bicyclic) bond motifs is 1. The van der Waals surface area contributed by atoms with Crippen LogP contribution in [0, 0.1) is 6.92 Å². The van der Waals surface area contributed by atoms with Crippen molar-refractivity contribution in [2.45, 2.75) is 20.0 Å². The molecule has 3 aromatic carbocycles. The molecule has 4 aromatic rings. The van der Waals surface area contributed by atoms with E-state index < -0.39 is 0 Å². The Kier molecular flexibility index (Phi) is 3.98. The summed E-state index contributed by atoms with van der Waals surface area (Å²) in [6, 6.07) is 26.5. The molecule has 1 aromatic heterocycles. The maximum atomic E-state index is 13.1. The summed E-state index contributed by atoms with van der Waals surface area (Å²) < 4.78 is 3.74. The van der Waals surface area contributed by atoms with Gasteiger partial charge in [-0.2, -0.15) is 0 Å². The van der Waals surface area contributed by atoms with Gasteiger partial charge in [0.1, 0.15) is 0 Å². The van der Waals surface area contributed by atoms with Gasteiger partial charge >= 0.3 is 5.69 Å². The summed E-state index contributed by atoms with van der Waals surface area (Å²) in [7, 11) is 0. The number of rotatable bonds is 4. The van der Waals surface area contributed by atoms with Gasteiger partial charge in [-0.3, -0.25) is 9.13 Å². The molecule has 0 aliphatic carbocycles. The van der Waals surface area contributed by atoms with Gasteiger partial charge in [0.2, 0.25) is 0 Å². The van der Waals surface area contributed by atoms with E-state index in [1.54, 1.807) is 0 Å². The van der Waals surface area contributed by atoms with Crippen molar-refractivity contribution >= 4 is 11.0 Å². The van der Waals surface area contributed by atoms with E-state index in [9.17, 15) is 4.79 Å². The molecular weight excluding hydrogens is 308 g/mol. The fourth-order valence-electron chi connectivity index (χ4n) is 3.27. The molecule has 3 nitrogen and oxygen atoms in total. The van der Waals surface area contributed by atoms with Crippen LogP contribution in [0.25, 0.3) is 11.0 Å². The van der Waals surface area contributed by atoms with Crippen LogP contribution in [0.5, 0.6) is 0 Å². The Bertz CT molecular complexity index is 1060. The van der Waals surface area contributed by atoms with E-state index in [0.717, 1.165) is 27.7 Å². The molecule has 0 aliphatic heterocycles. The first-order valence-electron chi connectivity index (χ1n) is 8.50. The minimum atomic E-state index is 0.0355. The van der Waals surface area contributed by atoms with Crippen molar-refractivity contribution in [1.29, 1.82) is 0 Å². The lowest BCUT2D eigenvalue weighted by atomic mass is 10.2. The fourth-order valence-corrected chi connectivity index (χ4v) is 3.27. The van der Waals surface area contributed by atoms with Gasteiger partial charge < -0.3 is 0 Å². The van der Waals surface area contributed by atoms with E-state index in [2.05, 4.69) is 49.4 Å². The summed E-state index contributed by atoms with van der Waals surface area (Å²) in [6.07, 6.45) is 0. The Balaban J connectivity index is 1.86. The Morgan fingerprint density at radius 3 is 1.76 bits per heavy atom. The smallest absolute Gasteiger partial charge is 0.287 e. The predicted octanol–water partition coefficient (Wildman–Crippen LogP) is 4.21.